The Morgan fingerprint density at radius 3 is 2.62 bits per heavy atom. The molecular weight excluding hydrogens is 214 g/mol. The lowest BCUT2D eigenvalue weighted by molar-refractivity contribution is 0.567. The topological polar surface area (TPSA) is 12.9 Å². The van der Waals surface area contributed by atoms with Gasteiger partial charge in [0.05, 0.1) is 0 Å². The molecule has 1 nitrogen and oxygen atoms in total. The first kappa shape index (κ1) is 13.6. The normalized spacial score (nSPS) is 13.8. The summed E-state index contributed by atoms with van der Waals surface area (Å²) in [5, 5.41) is 0.742. The van der Waals surface area contributed by atoms with Crippen molar-refractivity contribution >= 4 is 11.8 Å². The number of pyridine rings is 1. The summed E-state index contributed by atoms with van der Waals surface area (Å²) >= 11 is 1.94. The van der Waals surface area contributed by atoms with Crippen LogP contribution in [0, 0.1) is 0 Å². The highest BCUT2D eigenvalue weighted by Crippen LogP contribution is 2.21. The molecule has 0 aliphatic heterocycles. The molecule has 0 aromatic carbocycles. The monoisotopic (exact) mass is 237 g/mol. The molecule has 90 valence electrons. The van der Waals surface area contributed by atoms with Crippen LogP contribution in [0.2, 0.25) is 0 Å². The zero-order valence-electron chi connectivity index (χ0n) is 11.1. The Bertz CT molecular complexity index is 328. The molecule has 1 unspecified atom stereocenters. The highest BCUT2D eigenvalue weighted by Gasteiger charge is 2.15. The van der Waals surface area contributed by atoms with Crippen LogP contribution in [-0.2, 0) is 11.8 Å². The minimum atomic E-state index is 0.154. The van der Waals surface area contributed by atoms with Crippen molar-refractivity contribution in [3.8, 4) is 0 Å². The Hall–Kier alpha value is -0.500. The standard InChI is InChI=1S/C14H23NS/c1-11(16-5)6-7-12-8-9-15-13(10-12)14(2,3)4/h8-11H,6-7H2,1-5H3. The van der Waals surface area contributed by atoms with Gasteiger partial charge < -0.3 is 0 Å². The van der Waals surface area contributed by atoms with Crippen LogP contribution in [-0.4, -0.2) is 16.5 Å². The third kappa shape index (κ3) is 4.17. The minimum Gasteiger partial charge on any atom is -0.261 e. The van der Waals surface area contributed by atoms with E-state index in [1.165, 1.54) is 17.7 Å². The summed E-state index contributed by atoms with van der Waals surface area (Å²) < 4.78 is 0. The predicted octanol–water partition coefficient (Wildman–Crippen LogP) is 4.06. The molecule has 1 rings (SSSR count). The van der Waals surface area contributed by atoms with Crippen molar-refractivity contribution in [1.82, 2.24) is 4.98 Å². The maximum atomic E-state index is 4.45. The van der Waals surface area contributed by atoms with E-state index in [1.54, 1.807) is 0 Å². The molecule has 16 heavy (non-hydrogen) atoms. The second-order valence-electron chi connectivity index (χ2n) is 5.38. The molecule has 0 saturated heterocycles. The van der Waals surface area contributed by atoms with Gasteiger partial charge in [0.1, 0.15) is 0 Å². The van der Waals surface area contributed by atoms with Crippen LogP contribution in [0.3, 0.4) is 0 Å². The maximum Gasteiger partial charge on any atom is 0.0459 e. The minimum absolute atomic E-state index is 0.154. The molecule has 1 heterocycles. The van der Waals surface area contributed by atoms with E-state index < -0.39 is 0 Å². The molecule has 0 amide bonds. The fourth-order valence-corrected chi connectivity index (χ4v) is 1.88. The summed E-state index contributed by atoms with van der Waals surface area (Å²) in [6, 6.07) is 4.40. The van der Waals surface area contributed by atoms with Gasteiger partial charge in [0, 0.05) is 22.6 Å². The first-order valence-electron chi connectivity index (χ1n) is 5.91. The molecular formula is C14H23NS. The van der Waals surface area contributed by atoms with Gasteiger partial charge in [-0.3, -0.25) is 4.98 Å². The molecule has 1 atom stereocenters. The molecule has 0 spiro atoms. The zero-order chi connectivity index (χ0) is 12.2. The Labute approximate surface area is 104 Å². The quantitative estimate of drug-likeness (QED) is 0.783. The lowest BCUT2D eigenvalue weighted by Gasteiger charge is -2.18. The first-order valence-corrected chi connectivity index (χ1v) is 7.20. The maximum absolute atomic E-state index is 4.45. The largest absolute Gasteiger partial charge is 0.261 e. The molecule has 1 aromatic heterocycles. The highest BCUT2D eigenvalue weighted by atomic mass is 32.2. The number of hydrogen-bond acceptors (Lipinski definition) is 2. The van der Waals surface area contributed by atoms with Crippen LogP contribution in [0.1, 0.15) is 45.4 Å². The van der Waals surface area contributed by atoms with Gasteiger partial charge in [-0.05, 0) is 36.8 Å². The second kappa shape index (κ2) is 5.72. The molecule has 2 heteroatoms. The molecule has 0 aliphatic rings. The summed E-state index contributed by atoms with van der Waals surface area (Å²) in [5.74, 6) is 0. The summed E-state index contributed by atoms with van der Waals surface area (Å²) in [6.45, 7) is 8.92. The Kier molecular flexibility index (Phi) is 4.85. The highest BCUT2D eigenvalue weighted by molar-refractivity contribution is 7.99. The van der Waals surface area contributed by atoms with E-state index in [-0.39, 0.29) is 5.41 Å². The summed E-state index contributed by atoms with van der Waals surface area (Å²) in [7, 11) is 0. The van der Waals surface area contributed by atoms with Crippen LogP contribution in [0.4, 0.5) is 0 Å². The van der Waals surface area contributed by atoms with Gasteiger partial charge in [-0.25, -0.2) is 0 Å². The third-order valence-corrected chi connectivity index (χ3v) is 3.88. The molecule has 0 bridgehead atoms. The van der Waals surface area contributed by atoms with Crippen molar-refractivity contribution in [2.45, 2.75) is 51.2 Å². The molecule has 0 fully saturated rings. The summed E-state index contributed by atoms with van der Waals surface area (Å²) in [6.07, 6.45) is 6.53. The summed E-state index contributed by atoms with van der Waals surface area (Å²) in [5.41, 5.74) is 2.77. The van der Waals surface area contributed by atoms with Crippen molar-refractivity contribution < 1.29 is 0 Å². The van der Waals surface area contributed by atoms with Gasteiger partial charge in [-0.2, -0.15) is 11.8 Å². The average Bonchev–Trinajstić information content (AvgIpc) is 2.25. The van der Waals surface area contributed by atoms with Gasteiger partial charge in [-0.1, -0.05) is 27.7 Å². The number of hydrogen-bond donors (Lipinski definition) is 0. The van der Waals surface area contributed by atoms with Crippen molar-refractivity contribution in [3.05, 3.63) is 29.6 Å². The smallest absolute Gasteiger partial charge is 0.0459 e. The van der Waals surface area contributed by atoms with Crippen LogP contribution in [0.25, 0.3) is 0 Å². The van der Waals surface area contributed by atoms with Crippen LogP contribution in [0.15, 0.2) is 18.3 Å². The predicted molar refractivity (Wildman–Crippen MR) is 74.2 cm³/mol. The van der Waals surface area contributed by atoms with E-state index >= 15 is 0 Å². The van der Waals surface area contributed by atoms with Gasteiger partial charge in [-0.15, -0.1) is 0 Å². The number of thioether (sulfide) groups is 1. The van der Waals surface area contributed by atoms with Gasteiger partial charge >= 0.3 is 0 Å². The van der Waals surface area contributed by atoms with E-state index in [9.17, 15) is 0 Å². The van der Waals surface area contributed by atoms with Crippen molar-refractivity contribution in [3.63, 3.8) is 0 Å². The fraction of sp³-hybridized carbons (Fsp3) is 0.643. The zero-order valence-corrected chi connectivity index (χ0v) is 11.9. The van der Waals surface area contributed by atoms with Crippen LogP contribution in [0.5, 0.6) is 0 Å². The Morgan fingerprint density at radius 2 is 2.06 bits per heavy atom. The van der Waals surface area contributed by atoms with E-state index in [2.05, 4.69) is 51.1 Å². The lowest BCUT2D eigenvalue weighted by atomic mass is 9.90. The molecule has 0 saturated carbocycles. The number of aryl methyl sites for hydroxylation is 1. The molecule has 0 aliphatic carbocycles. The average molecular weight is 237 g/mol. The number of rotatable bonds is 4. The second-order valence-corrected chi connectivity index (χ2v) is 6.66. The molecule has 1 aromatic rings. The molecule has 0 radical (unpaired) electrons. The Morgan fingerprint density at radius 1 is 1.38 bits per heavy atom. The Balaban J connectivity index is 2.68. The van der Waals surface area contributed by atoms with Gasteiger partial charge in [0.2, 0.25) is 0 Å². The van der Waals surface area contributed by atoms with Crippen molar-refractivity contribution in [2.24, 2.45) is 0 Å². The first-order chi connectivity index (χ1) is 7.43. The number of aromatic nitrogens is 1. The van der Waals surface area contributed by atoms with E-state index in [4.69, 9.17) is 0 Å². The number of nitrogens with zero attached hydrogens (tertiary/aromatic N) is 1. The summed E-state index contributed by atoms with van der Waals surface area (Å²) in [4.78, 5) is 4.45. The van der Waals surface area contributed by atoms with E-state index in [0.29, 0.717) is 0 Å². The van der Waals surface area contributed by atoms with E-state index in [0.717, 1.165) is 11.7 Å². The van der Waals surface area contributed by atoms with Crippen molar-refractivity contribution in [1.29, 1.82) is 0 Å². The third-order valence-electron chi connectivity index (χ3n) is 2.83. The SMILES string of the molecule is CSC(C)CCc1ccnc(C(C)(C)C)c1. The van der Waals surface area contributed by atoms with Crippen LogP contribution < -0.4 is 0 Å². The molecule has 0 N–H and O–H groups in total. The van der Waals surface area contributed by atoms with E-state index in [1.807, 2.05) is 18.0 Å². The fourth-order valence-electron chi connectivity index (χ4n) is 1.53. The van der Waals surface area contributed by atoms with Gasteiger partial charge in [0.25, 0.3) is 0 Å². The van der Waals surface area contributed by atoms with Crippen molar-refractivity contribution in [2.75, 3.05) is 6.26 Å². The lowest BCUT2D eigenvalue weighted by Crippen LogP contribution is -2.13. The van der Waals surface area contributed by atoms with Crippen LogP contribution >= 0.6 is 11.8 Å². The van der Waals surface area contributed by atoms with Gasteiger partial charge in [0.15, 0.2) is 0 Å².